The van der Waals surface area contributed by atoms with Crippen molar-refractivity contribution in [1.29, 1.82) is 0 Å². The normalized spacial score (nSPS) is 13.9. The van der Waals surface area contributed by atoms with Crippen molar-refractivity contribution in [1.82, 2.24) is 9.78 Å². The molecule has 4 rings (SSSR count). The number of esters is 1. The van der Waals surface area contributed by atoms with E-state index in [2.05, 4.69) is 5.10 Å². The molecule has 148 valence electrons. The molecule has 0 N–H and O–H groups in total. The highest BCUT2D eigenvalue weighted by atomic mass is 16.5. The molecule has 1 amide bonds. The first-order valence-corrected chi connectivity index (χ1v) is 9.61. The lowest BCUT2D eigenvalue weighted by Crippen LogP contribution is -2.39. The second-order valence-corrected chi connectivity index (χ2v) is 6.93. The Bertz CT molecular complexity index is 1170. The lowest BCUT2D eigenvalue weighted by atomic mass is 10.1. The molecule has 7 heteroatoms. The summed E-state index contributed by atoms with van der Waals surface area (Å²) in [6, 6.07) is 14.5. The number of fused-ring (bicyclic) bond motifs is 2. The molecule has 0 spiro atoms. The van der Waals surface area contributed by atoms with Crippen LogP contribution in [0, 0.1) is 0 Å². The average molecular weight is 391 g/mol. The fraction of sp³-hybridized carbons (Fsp3) is 0.273. The van der Waals surface area contributed by atoms with Crippen LogP contribution in [0.5, 0.6) is 0 Å². The molecule has 2 heterocycles. The molecule has 7 nitrogen and oxygen atoms in total. The maximum atomic E-state index is 12.9. The number of carbonyl (C=O) groups excluding carboxylic acids is 2. The van der Waals surface area contributed by atoms with Crippen LogP contribution >= 0.6 is 0 Å². The maximum Gasteiger partial charge on any atom is 0.360 e. The van der Waals surface area contributed by atoms with Gasteiger partial charge in [0.25, 0.3) is 11.5 Å². The zero-order chi connectivity index (χ0) is 20.5. The summed E-state index contributed by atoms with van der Waals surface area (Å²) in [5, 5.41) is 4.98. The molecular formula is C22H21N3O4. The van der Waals surface area contributed by atoms with E-state index in [4.69, 9.17) is 4.74 Å². The van der Waals surface area contributed by atoms with E-state index in [1.54, 1.807) is 43.0 Å². The van der Waals surface area contributed by atoms with Crippen molar-refractivity contribution >= 4 is 28.3 Å². The quantitative estimate of drug-likeness (QED) is 0.639. The van der Waals surface area contributed by atoms with E-state index in [9.17, 15) is 14.4 Å². The topological polar surface area (TPSA) is 81.5 Å². The smallest absolute Gasteiger partial charge is 0.360 e. The molecule has 1 aromatic heterocycles. The molecule has 0 fully saturated rings. The average Bonchev–Trinajstić information content (AvgIpc) is 3.17. The highest BCUT2D eigenvalue weighted by Gasteiger charge is 2.30. The maximum absolute atomic E-state index is 12.9. The van der Waals surface area contributed by atoms with E-state index < -0.39 is 12.1 Å². The van der Waals surface area contributed by atoms with Crippen molar-refractivity contribution in [3.63, 3.8) is 0 Å². The first-order chi connectivity index (χ1) is 14.0. The molecule has 0 saturated carbocycles. The van der Waals surface area contributed by atoms with E-state index in [0.717, 1.165) is 17.7 Å². The van der Waals surface area contributed by atoms with Crippen molar-refractivity contribution in [2.75, 3.05) is 11.4 Å². The van der Waals surface area contributed by atoms with Crippen LogP contribution in [0.2, 0.25) is 0 Å². The third-order valence-corrected chi connectivity index (χ3v) is 5.15. The summed E-state index contributed by atoms with van der Waals surface area (Å²) >= 11 is 0. The highest BCUT2D eigenvalue weighted by Crippen LogP contribution is 2.28. The lowest BCUT2D eigenvalue weighted by Gasteiger charge is -2.21. The largest absolute Gasteiger partial charge is 0.448 e. The van der Waals surface area contributed by atoms with Gasteiger partial charge in [-0.3, -0.25) is 9.59 Å². The van der Waals surface area contributed by atoms with E-state index in [1.807, 2.05) is 24.3 Å². The van der Waals surface area contributed by atoms with Crippen molar-refractivity contribution in [3.8, 4) is 0 Å². The van der Waals surface area contributed by atoms with Gasteiger partial charge in [0.1, 0.15) is 0 Å². The minimum absolute atomic E-state index is 0.0310. The van der Waals surface area contributed by atoms with Gasteiger partial charge in [0.2, 0.25) is 0 Å². The number of hydrogen-bond acceptors (Lipinski definition) is 5. The number of rotatable bonds is 4. The molecule has 29 heavy (non-hydrogen) atoms. The Hall–Kier alpha value is -3.48. The number of amides is 1. The Labute approximate surface area is 167 Å². The molecule has 1 aliphatic heterocycles. The van der Waals surface area contributed by atoms with Gasteiger partial charge >= 0.3 is 5.97 Å². The third-order valence-electron chi connectivity index (χ3n) is 5.15. The summed E-state index contributed by atoms with van der Waals surface area (Å²) < 4.78 is 6.69. The lowest BCUT2D eigenvalue weighted by molar-refractivity contribution is -0.126. The first-order valence-electron chi connectivity index (χ1n) is 9.61. The molecule has 2 aromatic carbocycles. The van der Waals surface area contributed by atoms with Crippen LogP contribution in [-0.4, -0.2) is 34.3 Å². The number of aryl methyl sites for hydroxylation is 1. The molecule has 1 aliphatic rings. The molecule has 0 radical (unpaired) electrons. The van der Waals surface area contributed by atoms with Crippen LogP contribution in [0.25, 0.3) is 10.8 Å². The molecule has 0 saturated heterocycles. The van der Waals surface area contributed by atoms with E-state index in [0.29, 0.717) is 23.9 Å². The van der Waals surface area contributed by atoms with E-state index in [-0.39, 0.29) is 17.2 Å². The molecule has 1 atom stereocenters. The van der Waals surface area contributed by atoms with Crippen molar-refractivity contribution in [2.45, 2.75) is 32.9 Å². The number of ether oxygens (including phenoxy) is 1. The Morgan fingerprint density at radius 3 is 2.55 bits per heavy atom. The minimum Gasteiger partial charge on any atom is -0.448 e. The fourth-order valence-electron chi connectivity index (χ4n) is 3.65. The van der Waals surface area contributed by atoms with Crippen molar-refractivity contribution in [3.05, 3.63) is 70.1 Å². The van der Waals surface area contributed by atoms with E-state index >= 15 is 0 Å². The number of aromatic nitrogens is 2. The zero-order valence-electron chi connectivity index (χ0n) is 16.3. The monoisotopic (exact) mass is 391 g/mol. The van der Waals surface area contributed by atoms with Crippen molar-refractivity contribution in [2.24, 2.45) is 0 Å². The number of nitrogens with zero attached hydrogens (tertiary/aromatic N) is 3. The van der Waals surface area contributed by atoms with Gasteiger partial charge in [-0.05, 0) is 38.0 Å². The fourth-order valence-corrected chi connectivity index (χ4v) is 3.65. The number of anilines is 1. The number of para-hydroxylation sites is 1. The standard InChI is InChI=1S/C22H21N3O4/c1-3-25-21(27)17-10-6-5-9-16(17)19(23-25)22(28)29-14(2)20(26)24-13-12-15-8-4-7-11-18(15)24/h4-11,14H,3,12-13H2,1-2H3/t14-/m1/s1. The van der Waals surface area contributed by atoms with Gasteiger partial charge in [-0.1, -0.05) is 36.4 Å². The SMILES string of the molecule is CCn1nc(C(=O)O[C@H](C)C(=O)N2CCc3ccccc32)c2ccccc2c1=O. The third kappa shape index (κ3) is 3.29. The Morgan fingerprint density at radius 1 is 1.10 bits per heavy atom. The van der Waals surface area contributed by atoms with Gasteiger partial charge in [-0.25, -0.2) is 9.48 Å². The minimum atomic E-state index is -0.976. The van der Waals surface area contributed by atoms with E-state index in [1.165, 1.54) is 4.68 Å². The van der Waals surface area contributed by atoms with Gasteiger partial charge in [0.15, 0.2) is 11.8 Å². The predicted molar refractivity (Wildman–Crippen MR) is 109 cm³/mol. The Kier molecular flexibility index (Phi) is 4.88. The Balaban J connectivity index is 1.61. The van der Waals surface area contributed by atoms with Gasteiger partial charge in [-0.15, -0.1) is 0 Å². The van der Waals surface area contributed by atoms with Crippen LogP contribution in [0.3, 0.4) is 0 Å². The molecule has 3 aromatic rings. The van der Waals surface area contributed by atoms with Gasteiger partial charge < -0.3 is 9.64 Å². The van der Waals surface area contributed by atoms with Crippen LogP contribution < -0.4 is 10.5 Å². The predicted octanol–water partition coefficient (Wildman–Crippen LogP) is 2.55. The molecule has 0 aliphatic carbocycles. The summed E-state index contributed by atoms with van der Waals surface area (Å²) in [6.07, 6.45) is -0.202. The first kappa shape index (κ1) is 18.9. The summed E-state index contributed by atoms with van der Waals surface area (Å²) in [4.78, 5) is 39.8. The van der Waals surface area contributed by atoms with Gasteiger partial charge in [0, 0.05) is 24.2 Å². The van der Waals surface area contributed by atoms with Crippen LogP contribution in [0.4, 0.5) is 5.69 Å². The number of benzene rings is 2. The summed E-state index contributed by atoms with van der Waals surface area (Å²) in [7, 11) is 0. The molecule has 0 unspecified atom stereocenters. The van der Waals surface area contributed by atoms with Gasteiger partial charge in [0.05, 0.1) is 5.39 Å². The number of hydrogen-bond donors (Lipinski definition) is 0. The summed E-state index contributed by atoms with van der Waals surface area (Å²) in [5.74, 6) is -1.01. The molecular weight excluding hydrogens is 370 g/mol. The summed E-state index contributed by atoms with van der Waals surface area (Å²) in [5.41, 5.74) is 1.71. The highest BCUT2D eigenvalue weighted by molar-refractivity contribution is 6.04. The Morgan fingerprint density at radius 2 is 1.79 bits per heavy atom. The van der Waals surface area contributed by atoms with Crippen molar-refractivity contribution < 1.29 is 14.3 Å². The second kappa shape index (κ2) is 7.50. The van der Waals surface area contributed by atoms with Crippen LogP contribution in [0.15, 0.2) is 53.3 Å². The van der Waals surface area contributed by atoms with Crippen LogP contribution in [-0.2, 0) is 22.5 Å². The second-order valence-electron chi connectivity index (χ2n) is 6.93. The van der Waals surface area contributed by atoms with Gasteiger partial charge in [-0.2, -0.15) is 5.10 Å². The molecule has 0 bridgehead atoms. The summed E-state index contributed by atoms with van der Waals surface area (Å²) in [6.45, 7) is 4.21. The number of carbonyl (C=O) groups is 2. The van der Waals surface area contributed by atoms with Crippen LogP contribution in [0.1, 0.15) is 29.9 Å². The zero-order valence-corrected chi connectivity index (χ0v) is 16.3.